The van der Waals surface area contributed by atoms with Gasteiger partial charge in [0.05, 0.1) is 46.6 Å². The SMILES string of the molecule is CCCCOc1cc(C(=O)Nc2ccc(C(N)=O)cc2OC(C)C)ccc1[N+](=O)[O-].CCCOc1cc(C(=O)Nc2ccc(C(N)=O)cc2OC(C)C)ccc1[N+](=O)[O-]. The molecule has 6 N–H and O–H groups in total. The van der Waals surface area contributed by atoms with Gasteiger partial charge in [-0.1, -0.05) is 20.3 Å². The van der Waals surface area contributed by atoms with Crippen molar-refractivity contribution in [1.29, 1.82) is 0 Å². The van der Waals surface area contributed by atoms with E-state index < -0.39 is 33.5 Å². The summed E-state index contributed by atoms with van der Waals surface area (Å²) in [5.74, 6) is -1.64. The predicted molar refractivity (Wildman–Crippen MR) is 220 cm³/mol. The van der Waals surface area contributed by atoms with Crippen LogP contribution < -0.4 is 41.0 Å². The summed E-state index contributed by atoms with van der Waals surface area (Å²) >= 11 is 0. The maximum absolute atomic E-state index is 12.8. The monoisotopic (exact) mass is 816 g/mol. The van der Waals surface area contributed by atoms with E-state index in [4.69, 9.17) is 30.4 Å². The maximum atomic E-state index is 12.8. The second-order valence-electron chi connectivity index (χ2n) is 13.3. The van der Waals surface area contributed by atoms with Crippen LogP contribution in [0.5, 0.6) is 23.0 Å². The number of ether oxygens (including phenoxy) is 4. The van der Waals surface area contributed by atoms with E-state index in [-0.39, 0.29) is 75.4 Å². The summed E-state index contributed by atoms with van der Waals surface area (Å²) in [6.45, 7) is 11.6. The number of benzene rings is 4. The van der Waals surface area contributed by atoms with Crippen LogP contribution in [0.3, 0.4) is 0 Å². The van der Waals surface area contributed by atoms with Gasteiger partial charge in [-0.15, -0.1) is 0 Å². The van der Waals surface area contributed by atoms with Crippen molar-refractivity contribution in [2.24, 2.45) is 11.5 Å². The first kappa shape index (κ1) is 46.1. The molecule has 0 aliphatic rings. The van der Waals surface area contributed by atoms with Gasteiger partial charge in [-0.05, 0) is 89.1 Å². The van der Waals surface area contributed by atoms with E-state index in [2.05, 4.69) is 10.6 Å². The van der Waals surface area contributed by atoms with Crippen LogP contribution in [0.15, 0.2) is 72.8 Å². The average molecular weight is 817 g/mol. The first-order chi connectivity index (χ1) is 27.9. The first-order valence-electron chi connectivity index (χ1n) is 18.6. The number of primary amides is 2. The van der Waals surface area contributed by atoms with Crippen LogP contribution >= 0.6 is 0 Å². The Hall–Kier alpha value is -7.24. The highest BCUT2D eigenvalue weighted by molar-refractivity contribution is 6.07. The number of nitro groups is 2. The highest BCUT2D eigenvalue weighted by atomic mass is 16.6. The van der Waals surface area contributed by atoms with E-state index in [1.54, 1.807) is 27.7 Å². The van der Waals surface area contributed by atoms with E-state index in [0.29, 0.717) is 24.4 Å². The molecule has 0 heterocycles. The largest absolute Gasteiger partial charge is 0.489 e. The Morgan fingerprint density at radius 3 is 1.29 bits per heavy atom. The van der Waals surface area contributed by atoms with Gasteiger partial charge in [-0.25, -0.2) is 0 Å². The molecule has 0 bridgehead atoms. The van der Waals surface area contributed by atoms with Crippen LogP contribution in [0.25, 0.3) is 0 Å². The number of rotatable bonds is 19. The summed E-state index contributed by atoms with van der Waals surface area (Å²) in [5, 5.41) is 27.8. The molecule has 0 unspecified atom stereocenters. The zero-order chi connectivity index (χ0) is 43.8. The predicted octanol–water partition coefficient (Wildman–Crippen LogP) is 7.43. The zero-order valence-corrected chi connectivity index (χ0v) is 33.6. The summed E-state index contributed by atoms with van der Waals surface area (Å²) in [7, 11) is 0. The highest BCUT2D eigenvalue weighted by Crippen LogP contribution is 2.33. The quantitative estimate of drug-likeness (QED) is 0.0409. The molecule has 0 aliphatic heterocycles. The molecule has 0 atom stereocenters. The number of nitrogens with zero attached hydrogens (tertiary/aromatic N) is 2. The molecule has 4 aromatic carbocycles. The fraction of sp³-hybridized carbons (Fsp3) is 0.317. The fourth-order valence-corrected chi connectivity index (χ4v) is 5.03. The van der Waals surface area contributed by atoms with Gasteiger partial charge in [0, 0.05) is 46.5 Å². The lowest BCUT2D eigenvalue weighted by molar-refractivity contribution is -0.386. The molecule has 4 aromatic rings. The molecule has 18 nitrogen and oxygen atoms in total. The van der Waals surface area contributed by atoms with E-state index in [0.717, 1.165) is 12.8 Å². The van der Waals surface area contributed by atoms with Crippen LogP contribution in [-0.4, -0.2) is 58.9 Å². The number of carbonyl (C=O) groups is 4. The third-order valence-corrected chi connectivity index (χ3v) is 7.81. The highest BCUT2D eigenvalue weighted by Gasteiger charge is 2.22. The van der Waals surface area contributed by atoms with Crippen molar-refractivity contribution in [3.8, 4) is 23.0 Å². The lowest BCUT2D eigenvalue weighted by Crippen LogP contribution is -2.16. The molecule has 59 heavy (non-hydrogen) atoms. The minimum Gasteiger partial charge on any atom is -0.489 e. The maximum Gasteiger partial charge on any atom is 0.310 e. The lowest BCUT2D eigenvalue weighted by atomic mass is 10.1. The number of hydrogen-bond donors (Lipinski definition) is 4. The molecular weight excluding hydrogens is 768 g/mol. The van der Waals surface area contributed by atoms with Gasteiger partial charge in [0.25, 0.3) is 11.8 Å². The zero-order valence-electron chi connectivity index (χ0n) is 33.6. The molecule has 0 spiro atoms. The third-order valence-electron chi connectivity index (χ3n) is 7.81. The third kappa shape index (κ3) is 13.7. The molecule has 0 fully saturated rings. The number of nitrogens with two attached hydrogens (primary N) is 2. The topological polar surface area (TPSA) is 268 Å². The Kier molecular flexibility index (Phi) is 17.1. The summed E-state index contributed by atoms with van der Waals surface area (Å²) in [5.41, 5.74) is 11.7. The number of carbonyl (C=O) groups excluding carboxylic acids is 4. The summed E-state index contributed by atoms with van der Waals surface area (Å²) in [6.07, 6.45) is 1.85. The van der Waals surface area contributed by atoms with Gasteiger partial charge in [-0.3, -0.25) is 39.4 Å². The smallest absolute Gasteiger partial charge is 0.310 e. The van der Waals surface area contributed by atoms with Crippen LogP contribution in [0.1, 0.15) is 102 Å². The van der Waals surface area contributed by atoms with Crippen molar-refractivity contribution in [1.82, 2.24) is 0 Å². The number of anilines is 2. The van der Waals surface area contributed by atoms with Crippen LogP contribution in [0, 0.1) is 20.2 Å². The van der Waals surface area contributed by atoms with Gasteiger partial charge in [0.15, 0.2) is 11.5 Å². The Morgan fingerprint density at radius 2 is 0.949 bits per heavy atom. The Labute approximate surface area is 340 Å². The van der Waals surface area contributed by atoms with Gasteiger partial charge >= 0.3 is 11.4 Å². The lowest BCUT2D eigenvalue weighted by Gasteiger charge is -2.16. The number of nitro benzene ring substituents is 2. The Bertz CT molecular complexity index is 2170. The second-order valence-corrected chi connectivity index (χ2v) is 13.3. The van der Waals surface area contributed by atoms with Crippen LogP contribution in [0.2, 0.25) is 0 Å². The molecule has 0 aromatic heterocycles. The van der Waals surface area contributed by atoms with Crippen LogP contribution in [0.4, 0.5) is 22.7 Å². The molecule has 4 amide bonds. The van der Waals surface area contributed by atoms with Crippen molar-refractivity contribution < 1.29 is 48.0 Å². The number of amides is 4. The van der Waals surface area contributed by atoms with Crippen molar-refractivity contribution in [2.75, 3.05) is 23.8 Å². The molecule has 0 aliphatic carbocycles. The van der Waals surface area contributed by atoms with Gasteiger partial charge in [0.1, 0.15) is 11.5 Å². The standard InChI is InChI=1S/C21H25N3O6.C20H23N3O6/c1-4-5-10-29-19-12-15(7-9-17(19)24(27)28)21(26)23-16-8-6-14(20(22)25)11-18(16)30-13(2)3;1-4-9-28-18-11-14(6-8-16(18)23(26)27)20(25)22-15-7-5-13(19(21)24)10-17(15)29-12(2)3/h6-9,11-13H,4-5,10H2,1-3H3,(H2,22,25)(H,23,26);5-8,10-12H,4,9H2,1-3H3,(H2,21,24)(H,22,25). The van der Waals surface area contributed by atoms with Gasteiger partial charge in [-0.2, -0.15) is 0 Å². The number of nitrogens with one attached hydrogen (secondary N) is 2. The molecular formula is C41H48N6O12. The molecule has 0 saturated heterocycles. The molecule has 0 radical (unpaired) electrons. The Morgan fingerprint density at radius 1 is 0.576 bits per heavy atom. The molecule has 0 saturated carbocycles. The summed E-state index contributed by atoms with van der Waals surface area (Å²) in [4.78, 5) is 69.6. The minimum absolute atomic E-state index is 0.0206. The van der Waals surface area contributed by atoms with Crippen molar-refractivity contribution in [2.45, 2.75) is 73.0 Å². The van der Waals surface area contributed by atoms with E-state index >= 15 is 0 Å². The average Bonchev–Trinajstić information content (AvgIpc) is 3.17. The van der Waals surface area contributed by atoms with E-state index in [1.807, 2.05) is 13.8 Å². The molecule has 314 valence electrons. The van der Waals surface area contributed by atoms with Gasteiger partial charge in [0.2, 0.25) is 11.8 Å². The second kappa shape index (κ2) is 21.9. The Balaban J connectivity index is 0.000000316. The molecule has 4 rings (SSSR count). The van der Waals surface area contributed by atoms with E-state index in [9.17, 15) is 39.4 Å². The van der Waals surface area contributed by atoms with Crippen molar-refractivity contribution >= 4 is 46.4 Å². The first-order valence-corrected chi connectivity index (χ1v) is 18.6. The fourth-order valence-electron chi connectivity index (χ4n) is 5.03. The number of hydrogen-bond acceptors (Lipinski definition) is 12. The summed E-state index contributed by atoms with van der Waals surface area (Å²) in [6, 6.07) is 16.7. The molecule has 18 heteroatoms. The minimum atomic E-state index is -0.621. The number of unbranched alkanes of at least 4 members (excludes halogenated alkanes) is 1. The summed E-state index contributed by atoms with van der Waals surface area (Å²) < 4.78 is 22.2. The van der Waals surface area contributed by atoms with Gasteiger partial charge < -0.3 is 41.0 Å². The van der Waals surface area contributed by atoms with Crippen molar-refractivity contribution in [3.63, 3.8) is 0 Å². The van der Waals surface area contributed by atoms with E-state index in [1.165, 1.54) is 72.8 Å². The van der Waals surface area contributed by atoms with Crippen LogP contribution in [-0.2, 0) is 0 Å². The normalized spacial score (nSPS) is 10.5. The van der Waals surface area contributed by atoms with Crippen molar-refractivity contribution in [3.05, 3.63) is 115 Å².